The summed E-state index contributed by atoms with van der Waals surface area (Å²) in [5, 5.41) is 0. The highest BCUT2D eigenvalue weighted by Gasteiger charge is 2.32. The summed E-state index contributed by atoms with van der Waals surface area (Å²) in [6.45, 7) is 8.41. The molecular weight excluding hydrogens is 339 g/mol. The first kappa shape index (κ1) is 17.6. The molecule has 0 bridgehead atoms. The molecule has 7 nitrogen and oxygen atoms in total. The maximum atomic E-state index is 14.6. The molecule has 2 fully saturated rings. The zero-order valence-corrected chi connectivity index (χ0v) is 14.0. The Kier molecular flexibility index (Phi) is 5.30. The van der Waals surface area contributed by atoms with Gasteiger partial charge in [0, 0.05) is 13.1 Å². The molecule has 3 rings (SSSR count). The molecule has 0 N–H and O–H groups in total. The summed E-state index contributed by atoms with van der Waals surface area (Å²) >= 11 is 0. The van der Waals surface area contributed by atoms with Gasteiger partial charge in [0.2, 0.25) is 6.08 Å². The highest BCUT2D eigenvalue weighted by Crippen LogP contribution is 2.30. The largest absolute Gasteiger partial charge is 0.442 e. The van der Waals surface area contributed by atoms with Crippen molar-refractivity contribution in [3.8, 4) is 0 Å². The second-order valence-corrected chi connectivity index (χ2v) is 6.09. The predicted molar refractivity (Wildman–Crippen MR) is 93.1 cm³/mol. The molecule has 0 saturated carbocycles. The number of isocyanates is 1. The summed E-state index contributed by atoms with van der Waals surface area (Å²) in [6, 6.07) is 4.64. The van der Waals surface area contributed by atoms with Gasteiger partial charge in [-0.05, 0) is 31.0 Å². The Hall–Kier alpha value is -3.17. The molecule has 0 aliphatic carbocycles. The molecule has 134 valence electrons. The van der Waals surface area contributed by atoms with Crippen molar-refractivity contribution in [1.29, 1.82) is 0 Å². The van der Waals surface area contributed by atoms with Gasteiger partial charge in [-0.3, -0.25) is 4.90 Å². The van der Waals surface area contributed by atoms with Crippen LogP contribution in [0.4, 0.5) is 20.6 Å². The summed E-state index contributed by atoms with van der Waals surface area (Å²) in [5.41, 5.74) is 1.96. The number of aliphatic imine (C=N–C) groups is 1. The Bertz CT molecular complexity index is 816. The van der Waals surface area contributed by atoms with Crippen LogP contribution in [0.15, 0.2) is 35.0 Å². The van der Waals surface area contributed by atoms with Crippen LogP contribution in [0.5, 0.6) is 0 Å². The third-order valence-electron chi connectivity index (χ3n) is 4.47. The molecular formula is C18H17FN4O3. The van der Waals surface area contributed by atoms with Crippen molar-refractivity contribution < 1.29 is 18.7 Å². The van der Waals surface area contributed by atoms with Gasteiger partial charge in [0.1, 0.15) is 11.9 Å². The molecule has 0 aromatic heterocycles. The van der Waals surface area contributed by atoms with E-state index in [1.54, 1.807) is 18.3 Å². The number of amides is 1. The SMILES string of the molecule is [C-]#[N+]C=C1CCN(c2ccc(N3C[C@H](CN=C=O)OC3=O)cc2F)CC1. The lowest BCUT2D eigenvalue weighted by Gasteiger charge is -2.31. The normalized spacial score (nSPS) is 19.6. The van der Waals surface area contributed by atoms with E-state index < -0.39 is 18.0 Å². The van der Waals surface area contributed by atoms with Crippen molar-refractivity contribution in [1.82, 2.24) is 0 Å². The fourth-order valence-corrected chi connectivity index (χ4v) is 3.14. The van der Waals surface area contributed by atoms with Crippen LogP contribution in [-0.2, 0) is 9.53 Å². The highest BCUT2D eigenvalue weighted by atomic mass is 19.1. The molecule has 2 aliphatic rings. The first-order valence-electron chi connectivity index (χ1n) is 8.23. The van der Waals surface area contributed by atoms with Gasteiger partial charge < -0.3 is 9.64 Å². The lowest BCUT2D eigenvalue weighted by molar-refractivity contribution is 0.145. The van der Waals surface area contributed by atoms with Crippen LogP contribution in [0.3, 0.4) is 0 Å². The van der Waals surface area contributed by atoms with Crippen molar-refractivity contribution in [2.75, 3.05) is 36.0 Å². The third kappa shape index (κ3) is 3.73. The number of rotatable bonds is 4. The minimum Gasteiger partial charge on any atom is -0.442 e. The predicted octanol–water partition coefficient (Wildman–Crippen LogP) is 2.89. The maximum absolute atomic E-state index is 14.6. The number of carbonyl (C=O) groups is 1. The van der Waals surface area contributed by atoms with Crippen LogP contribution >= 0.6 is 0 Å². The Labute approximate surface area is 150 Å². The van der Waals surface area contributed by atoms with Gasteiger partial charge in [0.25, 0.3) is 0 Å². The van der Waals surface area contributed by atoms with E-state index in [0.717, 1.165) is 18.4 Å². The molecule has 2 heterocycles. The number of hydrogen-bond acceptors (Lipinski definition) is 5. The van der Waals surface area contributed by atoms with E-state index in [2.05, 4.69) is 9.84 Å². The van der Waals surface area contributed by atoms with E-state index in [9.17, 15) is 14.0 Å². The fourth-order valence-electron chi connectivity index (χ4n) is 3.14. The summed E-state index contributed by atoms with van der Waals surface area (Å²) in [6.07, 6.45) is 3.30. The number of anilines is 2. The number of carbonyl (C=O) groups excluding carboxylic acids is 2. The first-order chi connectivity index (χ1) is 12.6. The maximum Gasteiger partial charge on any atom is 0.414 e. The molecule has 2 aliphatic heterocycles. The number of hydrogen-bond donors (Lipinski definition) is 0. The van der Waals surface area contributed by atoms with Gasteiger partial charge in [-0.1, -0.05) is 5.57 Å². The standard InChI is InChI=1S/C18H17FN4O3/c1-20-9-13-4-6-22(7-5-13)17-3-2-14(8-16(17)19)23-11-15(10-21-12-24)26-18(23)25/h2-3,8-9,15H,4-7,10-11H2/t15-/m0/s1. The highest BCUT2D eigenvalue weighted by molar-refractivity contribution is 5.90. The van der Waals surface area contributed by atoms with Crippen molar-refractivity contribution >= 4 is 23.5 Å². The zero-order chi connectivity index (χ0) is 18.5. The van der Waals surface area contributed by atoms with Crippen LogP contribution in [0.25, 0.3) is 4.85 Å². The van der Waals surface area contributed by atoms with E-state index in [1.165, 1.54) is 17.0 Å². The first-order valence-corrected chi connectivity index (χ1v) is 8.23. The zero-order valence-electron chi connectivity index (χ0n) is 14.0. The van der Waals surface area contributed by atoms with Crippen molar-refractivity contribution in [3.63, 3.8) is 0 Å². The van der Waals surface area contributed by atoms with Crippen molar-refractivity contribution in [3.05, 3.63) is 47.2 Å². The number of halogens is 1. The molecule has 1 aromatic carbocycles. The van der Waals surface area contributed by atoms with Crippen LogP contribution in [-0.4, -0.2) is 44.5 Å². The van der Waals surface area contributed by atoms with Gasteiger partial charge in [0.15, 0.2) is 6.20 Å². The second kappa shape index (κ2) is 7.81. The van der Waals surface area contributed by atoms with Crippen LogP contribution in [0.2, 0.25) is 0 Å². The monoisotopic (exact) mass is 356 g/mol. The molecule has 8 heteroatoms. The van der Waals surface area contributed by atoms with Gasteiger partial charge in [-0.15, -0.1) is 0 Å². The Morgan fingerprint density at radius 1 is 1.42 bits per heavy atom. The molecule has 1 atom stereocenters. The lowest BCUT2D eigenvalue weighted by atomic mass is 10.0. The summed E-state index contributed by atoms with van der Waals surface area (Å²) < 4.78 is 19.7. The summed E-state index contributed by atoms with van der Waals surface area (Å²) in [5.74, 6) is -0.415. The van der Waals surface area contributed by atoms with Crippen LogP contribution < -0.4 is 9.80 Å². The van der Waals surface area contributed by atoms with Gasteiger partial charge in [-0.2, -0.15) is 0 Å². The van der Waals surface area contributed by atoms with E-state index in [0.29, 0.717) is 24.5 Å². The van der Waals surface area contributed by atoms with E-state index in [4.69, 9.17) is 11.3 Å². The molecule has 0 spiro atoms. The Morgan fingerprint density at radius 3 is 2.85 bits per heavy atom. The number of cyclic esters (lactones) is 1. The van der Waals surface area contributed by atoms with Gasteiger partial charge >= 0.3 is 6.09 Å². The average molecular weight is 356 g/mol. The second-order valence-electron chi connectivity index (χ2n) is 6.09. The van der Waals surface area contributed by atoms with Crippen LogP contribution in [0.1, 0.15) is 12.8 Å². The Balaban J connectivity index is 1.70. The minimum atomic E-state index is -0.588. The summed E-state index contributed by atoms with van der Waals surface area (Å²) in [4.78, 5) is 32.1. The average Bonchev–Trinajstić information content (AvgIpc) is 3.02. The van der Waals surface area contributed by atoms with E-state index in [1.807, 2.05) is 4.90 Å². The molecule has 0 unspecified atom stereocenters. The molecule has 1 aromatic rings. The van der Waals surface area contributed by atoms with Crippen molar-refractivity contribution in [2.45, 2.75) is 18.9 Å². The topological polar surface area (TPSA) is 66.6 Å². The molecule has 2 saturated heterocycles. The fraction of sp³-hybridized carbons (Fsp3) is 0.389. The summed E-state index contributed by atoms with van der Waals surface area (Å²) in [7, 11) is 0. The van der Waals surface area contributed by atoms with E-state index >= 15 is 0 Å². The van der Waals surface area contributed by atoms with Gasteiger partial charge in [0.05, 0.1) is 31.0 Å². The van der Waals surface area contributed by atoms with E-state index in [-0.39, 0.29) is 13.1 Å². The van der Waals surface area contributed by atoms with Crippen LogP contribution in [0, 0.1) is 12.4 Å². The van der Waals surface area contributed by atoms with Crippen molar-refractivity contribution in [2.24, 2.45) is 4.99 Å². The quantitative estimate of drug-likeness (QED) is 0.473. The smallest absolute Gasteiger partial charge is 0.414 e. The number of nitrogens with zero attached hydrogens (tertiary/aromatic N) is 4. The van der Waals surface area contributed by atoms with Gasteiger partial charge in [-0.25, -0.2) is 23.8 Å². The number of benzene rings is 1. The molecule has 26 heavy (non-hydrogen) atoms. The number of piperidine rings is 1. The minimum absolute atomic E-state index is 0.0422. The molecule has 1 amide bonds. The lowest BCUT2D eigenvalue weighted by Crippen LogP contribution is -2.31. The number of ether oxygens (including phenoxy) is 1. The molecule has 0 radical (unpaired) electrons. The third-order valence-corrected chi connectivity index (χ3v) is 4.47. The Morgan fingerprint density at radius 2 is 2.19 bits per heavy atom.